The molecule has 0 bridgehead atoms. The number of methoxy groups -OCH3 is 1. The van der Waals surface area contributed by atoms with Crippen molar-refractivity contribution < 1.29 is 4.74 Å². The van der Waals surface area contributed by atoms with E-state index in [1.165, 1.54) is 11.1 Å². The lowest BCUT2D eigenvalue weighted by molar-refractivity contribution is 0.399. The first-order chi connectivity index (χ1) is 8.96. The summed E-state index contributed by atoms with van der Waals surface area (Å²) in [6, 6.07) is 14.3. The van der Waals surface area contributed by atoms with Gasteiger partial charge in [0, 0.05) is 5.56 Å². The molecule has 0 heterocycles. The zero-order valence-electron chi connectivity index (χ0n) is 12.0. The van der Waals surface area contributed by atoms with Gasteiger partial charge in [-0.15, -0.1) is 0 Å². The maximum Gasteiger partial charge on any atom is 0.124 e. The highest BCUT2D eigenvalue weighted by Gasteiger charge is 2.27. The second-order valence-electron chi connectivity index (χ2n) is 5.20. The van der Waals surface area contributed by atoms with Gasteiger partial charge < -0.3 is 10.5 Å². The smallest absolute Gasteiger partial charge is 0.124 e. The number of rotatable bonds is 3. The van der Waals surface area contributed by atoms with Crippen LogP contribution in [-0.4, -0.2) is 7.11 Å². The fourth-order valence-electron chi connectivity index (χ4n) is 2.29. The highest BCUT2D eigenvalue weighted by Crippen LogP contribution is 2.33. The molecule has 0 fully saturated rings. The minimum atomic E-state index is -0.564. The number of hydrogen-bond donors (Lipinski definition) is 1. The number of benzene rings is 2. The average Bonchev–Trinajstić information content (AvgIpc) is 2.41. The molecule has 2 heteroatoms. The van der Waals surface area contributed by atoms with Gasteiger partial charge in [-0.2, -0.15) is 0 Å². The number of ether oxygens (including phenoxy) is 1. The molecule has 0 aliphatic carbocycles. The van der Waals surface area contributed by atoms with Crippen LogP contribution in [-0.2, 0) is 5.54 Å². The summed E-state index contributed by atoms with van der Waals surface area (Å²) in [5.74, 6) is 0.825. The molecule has 0 amide bonds. The lowest BCUT2D eigenvalue weighted by Crippen LogP contribution is -2.34. The maximum absolute atomic E-state index is 6.57. The zero-order valence-corrected chi connectivity index (χ0v) is 12.0. The molecule has 0 aromatic heterocycles. The Morgan fingerprint density at radius 1 is 1.00 bits per heavy atom. The van der Waals surface area contributed by atoms with Crippen molar-refractivity contribution in [3.8, 4) is 5.75 Å². The molecule has 2 aromatic rings. The van der Waals surface area contributed by atoms with Crippen LogP contribution in [0, 0.1) is 13.8 Å². The molecule has 2 rings (SSSR count). The van der Waals surface area contributed by atoms with Gasteiger partial charge in [-0.25, -0.2) is 0 Å². The molecule has 2 N–H and O–H groups in total. The Morgan fingerprint density at radius 2 is 1.68 bits per heavy atom. The van der Waals surface area contributed by atoms with E-state index < -0.39 is 5.54 Å². The molecule has 0 spiro atoms. The molecule has 19 heavy (non-hydrogen) atoms. The average molecular weight is 255 g/mol. The van der Waals surface area contributed by atoms with E-state index in [-0.39, 0.29) is 0 Å². The Hall–Kier alpha value is -1.80. The second-order valence-corrected chi connectivity index (χ2v) is 5.20. The Labute approximate surface area is 115 Å². The monoisotopic (exact) mass is 255 g/mol. The second kappa shape index (κ2) is 5.06. The molecule has 2 aromatic carbocycles. The third-order valence-corrected chi connectivity index (χ3v) is 3.77. The van der Waals surface area contributed by atoms with Gasteiger partial charge in [-0.05, 0) is 43.5 Å². The number of para-hydroxylation sites is 1. The SMILES string of the molecule is COc1ccccc1C(C)(N)c1ccc(C)c(C)c1. The van der Waals surface area contributed by atoms with Crippen LogP contribution in [0.4, 0.5) is 0 Å². The largest absolute Gasteiger partial charge is 0.496 e. The Bertz CT molecular complexity index is 588. The van der Waals surface area contributed by atoms with Crippen molar-refractivity contribution in [2.45, 2.75) is 26.3 Å². The molecule has 0 radical (unpaired) electrons. The van der Waals surface area contributed by atoms with E-state index in [0.29, 0.717) is 0 Å². The maximum atomic E-state index is 6.57. The van der Waals surface area contributed by atoms with Crippen molar-refractivity contribution in [2.24, 2.45) is 5.73 Å². The molecule has 0 saturated heterocycles. The lowest BCUT2D eigenvalue weighted by atomic mass is 9.84. The molecular formula is C17H21NO. The van der Waals surface area contributed by atoms with Gasteiger partial charge in [0.1, 0.15) is 5.75 Å². The molecule has 0 saturated carbocycles. The minimum Gasteiger partial charge on any atom is -0.496 e. The van der Waals surface area contributed by atoms with Crippen molar-refractivity contribution >= 4 is 0 Å². The standard InChI is InChI=1S/C17H21NO/c1-12-9-10-14(11-13(12)2)17(3,18)15-7-5-6-8-16(15)19-4/h5-11H,18H2,1-4H3. The number of hydrogen-bond acceptors (Lipinski definition) is 2. The van der Waals surface area contributed by atoms with Crippen LogP contribution < -0.4 is 10.5 Å². The normalized spacial score (nSPS) is 13.9. The summed E-state index contributed by atoms with van der Waals surface area (Å²) >= 11 is 0. The summed E-state index contributed by atoms with van der Waals surface area (Å²) in [7, 11) is 1.68. The first kappa shape index (κ1) is 13.6. The summed E-state index contributed by atoms with van der Waals surface area (Å²) in [6.07, 6.45) is 0. The van der Waals surface area contributed by atoms with Gasteiger partial charge in [0.25, 0.3) is 0 Å². The number of nitrogens with two attached hydrogens (primary N) is 1. The molecule has 0 aliphatic heterocycles. The third kappa shape index (κ3) is 2.49. The van der Waals surface area contributed by atoms with E-state index in [1.54, 1.807) is 7.11 Å². The fourth-order valence-corrected chi connectivity index (χ4v) is 2.29. The predicted octanol–water partition coefficient (Wildman–Crippen LogP) is 3.53. The van der Waals surface area contributed by atoms with Gasteiger partial charge >= 0.3 is 0 Å². The highest BCUT2D eigenvalue weighted by atomic mass is 16.5. The number of aryl methyl sites for hydroxylation is 2. The van der Waals surface area contributed by atoms with Crippen LogP contribution in [0.5, 0.6) is 5.75 Å². The quantitative estimate of drug-likeness (QED) is 0.910. The molecule has 0 aliphatic rings. The van der Waals surface area contributed by atoms with E-state index in [0.717, 1.165) is 16.9 Å². The first-order valence-electron chi connectivity index (χ1n) is 6.47. The summed E-state index contributed by atoms with van der Waals surface area (Å²) in [5.41, 5.74) is 10.6. The summed E-state index contributed by atoms with van der Waals surface area (Å²) in [6.45, 7) is 6.24. The summed E-state index contributed by atoms with van der Waals surface area (Å²) < 4.78 is 5.43. The molecule has 100 valence electrons. The van der Waals surface area contributed by atoms with Crippen molar-refractivity contribution in [2.75, 3.05) is 7.11 Å². The molecule has 1 atom stereocenters. The van der Waals surface area contributed by atoms with Crippen LogP contribution in [0.1, 0.15) is 29.2 Å². The Balaban J connectivity index is 2.54. The molecule has 1 unspecified atom stereocenters. The van der Waals surface area contributed by atoms with Crippen molar-refractivity contribution in [1.29, 1.82) is 0 Å². The van der Waals surface area contributed by atoms with E-state index >= 15 is 0 Å². The molecular weight excluding hydrogens is 234 g/mol. The van der Waals surface area contributed by atoms with Crippen molar-refractivity contribution in [3.05, 3.63) is 64.7 Å². The van der Waals surface area contributed by atoms with Gasteiger partial charge in [-0.3, -0.25) is 0 Å². The van der Waals surface area contributed by atoms with E-state index in [9.17, 15) is 0 Å². The topological polar surface area (TPSA) is 35.2 Å². The minimum absolute atomic E-state index is 0.564. The van der Waals surface area contributed by atoms with Crippen LogP contribution in [0.25, 0.3) is 0 Å². The van der Waals surface area contributed by atoms with E-state index in [1.807, 2.05) is 31.2 Å². The Morgan fingerprint density at radius 3 is 2.32 bits per heavy atom. The summed E-state index contributed by atoms with van der Waals surface area (Å²) in [4.78, 5) is 0. The Kier molecular flexibility index (Phi) is 3.63. The van der Waals surface area contributed by atoms with Crippen molar-refractivity contribution in [3.63, 3.8) is 0 Å². The van der Waals surface area contributed by atoms with E-state index in [4.69, 9.17) is 10.5 Å². The van der Waals surface area contributed by atoms with Crippen LogP contribution in [0.3, 0.4) is 0 Å². The fraction of sp³-hybridized carbons (Fsp3) is 0.294. The third-order valence-electron chi connectivity index (χ3n) is 3.77. The molecule has 2 nitrogen and oxygen atoms in total. The van der Waals surface area contributed by atoms with Crippen LogP contribution in [0.15, 0.2) is 42.5 Å². The van der Waals surface area contributed by atoms with Gasteiger partial charge in [0.2, 0.25) is 0 Å². The van der Waals surface area contributed by atoms with E-state index in [2.05, 4.69) is 32.0 Å². The van der Waals surface area contributed by atoms with Gasteiger partial charge in [-0.1, -0.05) is 36.4 Å². The lowest BCUT2D eigenvalue weighted by Gasteiger charge is -2.28. The van der Waals surface area contributed by atoms with Crippen LogP contribution >= 0.6 is 0 Å². The van der Waals surface area contributed by atoms with Gasteiger partial charge in [0.05, 0.1) is 12.6 Å². The van der Waals surface area contributed by atoms with Gasteiger partial charge in [0.15, 0.2) is 0 Å². The first-order valence-corrected chi connectivity index (χ1v) is 6.47. The highest BCUT2D eigenvalue weighted by molar-refractivity contribution is 5.47. The predicted molar refractivity (Wildman–Crippen MR) is 79.6 cm³/mol. The summed E-state index contributed by atoms with van der Waals surface area (Å²) in [5, 5.41) is 0. The zero-order chi connectivity index (χ0) is 14.0. The van der Waals surface area contributed by atoms with Crippen LogP contribution in [0.2, 0.25) is 0 Å². The van der Waals surface area contributed by atoms with Crippen molar-refractivity contribution in [1.82, 2.24) is 0 Å².